The highest BCUT2D eigenvalue weighted by atomic mass is 16.3. The first-order chi connectivity index (χ1) is 6.66. The standard InChI is InChI=1S/C10H10N2O2/c1-11-4-5-12(7-11)9-6-8(13)2-3-10(9)14/h2-7H,1H3,(H-,13,14)/p+1. The summed E-state index contributed by atoms with van der Waals surface area (Å²) >= 11 is 0. The van der Waals surface area contributed by atoms with Gasteiger partial charge in [0.05, 0.1) is 7.05 Å². The molecule has 0 aliphatic heterocycles. The van der Waals surface area contributed by atoms with Crippen molar-refractivity contribution in [1.29, 1.82) is 0 Å². The van der Waals surface area contributed by atoms with Crippen LogP contribution in [0, 0.1) is 0 Å². The van der Waals surface area contributed by atoms with Crippen molar-refractivity contribution >= 4 is 0 Å². The zero-order chi connectivity index (χ0) is 10.1. The lowest BCUT2D eigenvalue weighted by Crippen LogP contribution is -2.23. The van der Waals surface area contributed by atoms with Crippen molar-refractivity contribution in [3.05, 3.63) is 36.9 Å². The van der Waals surface area contributed by atoms with Gasteiger partial charge in [0.15, 0.2) is 11.4 Å². The van der Waals surface area contributed by atoms with E-state index in [1.807, 2.05) is 17.8 Å². The fourth-order valence-electron chi connectivity index (χ4n) is 1.31. The summed E-state index contributed by atoms with van der Waals surface area (Å²) in [5.41, 5.74) is 0.561. The zero-order valence-corrected chi connectivity index (χ0v) is 7.75. The second kappa shape index (κ2) is 3.06. The highest BCUT2D eigenvalue weighted by molar-refractivity contribution is 5.49. The third-order valence-corrected chi connectivity index (χ3v) is 2.01. The van der Waals surface area contributed by atoms with Gasteiger partial charge in [-0.3, -0.25) is 0 Å². The number of imidazole rings is 1. The molecule has 1 aromatic heterocycles. The van der Waals surface area contributed by atoms with Gasteiger partial charge in [-0.15, -0.1) is 0 Å². The van der Waals surface area contributed by atoms with E-state index in [4.69, 9.17) is 0 Å². The molecule has 0 saturated heterocycles. The number of aromatic nitrogens is 2. The van der Waals surface area contributed by atoms with Crippen molar-refractivity contribution < 1.29 is 14.8 Å². The Hall–Kier alpha value is -1.97. The van der Waals surface area contributed by atoms with E-state index in [0.29, 0.717) is 5.69 Å². The lowest BCUT2D eigenvalue weighted by atomic mass is 10.3. The predicted octanol–water partition coefficient (Wildman–Crippen LogP) is 0.713. The van der Waals surface area contributed by atoms with Crippen LogP contribution in [0.2, 0.25) is 0 Å². The van der Waals surface area contributed by atoms with E-state index in [2.05, 4.69) is 0 Å². The molecule has 1 heterocycles. The van der Waals surface area contributed by atoms with Crippen LogP contribution >= 0.6 is 0 Å². The van der Waals surface area contributed by atoms with E-state index in [-0.39, 0.29) is 11.5 Å². The molecule has 2 aromatic rings. The van der Waals surface area contributed by atoms with Crippen molar-refractivity contribution in [1.82, 2.24) is 4.57 Å². The van der Waals surface area contributed by atoms with Gasteiger partial charge in [-0.1, -0.05) is 0 Å². The van der Waals surface area contributed by atoms with Crippen LogP contribution in [0.25, 0.3) is 5.69 Å². The normalized spacial score (nSPS) is 10.4. The molecule has 14 heavy (non-hydrogen) atoms. The first-order valence-corrected chi connectivity index (χ1v) is 4.22. The van der Waals surface area contributed by atoms with Crippen molar-refractivity contribution in [2.75, 3.05) is 0 Å². The van der Waals surface area contributed by atoms with Gasteiger partial charge in [-0.2, -0.15) is 4.57 Å². The Balaban J connectivity index is 2.55. The van der Waals surface area contributed by atoms with Crippen molar-refractivity contribution in [2.45, 2.75) is 0 Å². The van der Waals surface area contributed by atoms with Crippen molar-refractivity contribution in [3.8, 4) is 17.2 Å². The maximum absolute atomic E-state index is 9.56. The second-order valence-corrected chi connectivity index (χ2v) is 3.16. The minimum Gasteiger partial charge on any atom is -0.508 e. The number of phenols is 2. The minimum absolute atomic E-state index is 0.133. The fraction of sp³-hybridized carbons (Fsp3) is 0.100. The molecule has 2 N–H and O–H groups in total. The number of benzene rings is 1. The van der Waals surface area contributed by atoms with Gasteiger partial charge in [0.2, 0.25) is 6.33 Å². The van der Waals surface area contributed by atoms with E-state index >= 15 is 0 Å². The number of aromatic hydroxyl groups is 2. The molecule has 0 spiro atoms. The van der Waals surface area contributed by atoms with Crippen LogP contribution in [0.3, 0.4) is 0 Å². The summed E-state index contributed by atoms with van der Waals surface area (Å²) in [6.45, 7) is 0. The Morgan fingerprint density at radius 3 is 2.71 bits per heavy atom. The van der Waals surface area contributed by atoms with Gasteiger partial charge in [0, 0.05) is 6.07 Å². The summed E-state index contributed by atoms with van der Waals surface area (Å²) in [7, 11) is 1.89. The van der Waals surface area contributed by atoms with Crippen LogP contribution < -0.4 is 4.57 Å². The summed E-state index contributed by atoms with van der Waals surface area (Å²) in [5, 5.41) is 18.8. The molecular formula is C10H11N2O2+. The molecule has 2 rings (SSSR count). The molecule has 0 saturated carbocycles. The van der Waals surface area contributed by atoms with Crippen LogP contribution in [0.1, 0.15) is 0 Å². The SMILES string of the molecule is C[n+]1ccn(-c2cc(O)ccc2O)c1. The van der Waals surface area contributed by atoms with Crippen LogP contribution in [0.4, 0.5) is 0 Å². The third kappa shape index (κ3) is 1.42. The molecule has 0 unspecified atom stereocenters. The van der Waals surface area contributed by atoms with E-state index in [1.54, 1.807) is 17.1 Å². The highest BCUT2D eigenvalue weighted by Crippen LogP contribution is 2.25. The molecule has 0 aliphatic carbocycles. The van der Waals surface area contributed by atoms with Gasteiger partial charge >= 0.3 is 0 Å². The lowest BCUT2D eigenvalue weighted by Gasteiger charge is -1.99. The number of aryl methyl sites for hydroxylation is 1. The zero-order valence-electron chi connectivity index (χ0n) is 7.75. The fourth-order valence-corrected chi connectivity index (χ4v) is 1.31. The number of phenolic OH excluding ortho intramolecular Hbond substituents is 2. The Morgan fingerprint density at radius 1 is 1.29 bits per heavy atom. The minimum atomic E-state index is 0.133. The van der Waals surface area contributed by atoms with Gasteiger partial charge < -0.3 is 10.2 Å². The summed E-state index contributed by atoms with van der Waals surface area (Å²) < 4.78 is 3.58. The van der Waals surface area contributed by atoms with Crippen LogP contribution in [0.5, 0.6) is 11.5 Å². The molecular weight excluding hydrogens is 180 g/mol. The molecule has 4 heteroatoms. The molecule has 0 bridgehead atoms. The summed E-state index contributed by atoms with van der Waals surface area (Å²) in [4.78, 5) is 0. The molecule has 0 radical (unpaired) electrons. The van der Waals surface area contributed by atoms with Gasteiger partial charge in [-0.05, 0) is 12.1 Å². The maximum atomic E-state index is 9.56. The smallest absolute Gasteiger partial charge is 0.248 e. The molecule has 1 aromatic carbocycles. The van der Waals surface area contributed by atoms with Crippen LogP contribution in [-0.2, 0) is 7.05 Å². The Labute approximate surface area is 81.3 Å². The Kier molecular flexibility index (Phi) is 1.89. The quantitative estimate of drug-likeness (QED) is 0.515. The van der Waals surface area contributed by atoms with Gasteiger partial charge in [0.25, 0.3) is 0 Å². The first kappa shape index (κ1) is 8.62. The van der Waals surface area contributed by atoms with Crippen LogP contribution in [0.15, 0.2) is 36.9 Å². The average Bonchev–Trinajstić information content (AvgIpc) is 2.56. The molecule has 72 valence electrons. The molecule has 0 amide bonds. The molecule has 0 aliphatic rings. The van der Waals surface area contributed by atoms with E-state index in [1.165, 1.54) is 18.2 Å². The molecule has 0 fully saturated rings. The Bertz CT molecular complexity index is 463. The van der Waals surface area contributed by atoms with E-state index in [0.717, 1.165) is 0 Å². The Morgan fingerprint density at radius 2 is 2.07 bits per heavy atom. The number of hydrogen-bond donors (Lipinski definition) is 2. The summed E-state index contributed by atoms with van der Waals surface area (Å²) in [6, 6.07) is 4.42. The summed E-state index contributed by atoms with van der Waals surface area (Å²) in [6.07, 6.45) is 5.45. The number of nitrogens with zero attached hydrogens (tertiary/aromatic N) is 2. The van der Waals surface area contributed by atoms with E-state index in [9.17, 15) is 10.2 Å². The second-order valence-electron chi connectivity index (χ2n) is 3.16. The topological polar surface area (TPSA) is 49.3 Å². The maximum Gasteiger partial charge on any atom is 0.248 e. The average molecular weight is 191 g/mol. The van der Waals surface area contributed by atoms with Crippen molar-refractivity contribution in [2.24, 2.45) is 7.05 Å². The molecule has 0 atom stereocenters. The molecule has 4 nitrogen and oxygen atoms in total. The van der Waals surface area contributed by atoms with E-state index < -0.39 is 0 Å². The highest BCUT2D eigenvalue weighted by Gasteiger charge is 2.10. The predicted molar refractivity (Wildman–Crippen MR) is 50.3 cm³/mol. The van der Waals surface area contributed by atoms with Gasteiger partial charge in [-0.25, -0.2) is 4.57 Å². The third-order valence-electron chi connectivity index (χ3n) is 2.01. The lowest BCUT2D eigenvalue weighted by molar-refractivity contribution is -0.670. The number of rotatable bonds is 1. The monoisotopic (exact) mass is 191 g/mol. The number of hydrogen-bond acceptors (Lipinski definition) is 2. The summed E-state index contributed by atoms with van der Waals surface area (Å²) in [5.74, 6) is 0.271. The van der Waals surface area contributed by atoms with Crippen molar-refractivity contribution in [3.63, 3.8) is 0 Å². The first-order valence-electron chi connectivity index (χ1n) is 4.22. The van der Waals surface area contributed by atoms with Gasteiger partial charge in [0.1, 0.15) is 18.1 Å². The van der Waals surface area contributed by atoms with Crippen LogP contribution in [-0.4, -0.2) is 14.8 Å². The largest absolute Gasteiger partial charge is 0.508 e.